The topological polar surface area (TPSA) is 72.3 Å². The molecule has 7 heteroatoms. The Morgan fingerprint density at radius 3 is 3.04 bits per heavy atom. The summed E-state index contributed by atoms with van der Waals surface area (Å²) in [5.41, 5.74) is 2.15. The molecule has 0 unspecified atom stereocenters. The molecule has 1 saturated heterocycles. The van der Waals surface area contributed by atoms with Crippen molar-refractivity contribution in [2.75, 3.05) is 20.8 Å². The van der Waals surface area contributed by atoms with Gasteiger partial charge in [0.1, 0.15) is 0 Å². The molecule has 0 saturated carbocycles. The highest BCUT2D eigenvalue weighted by Crippen LogP contribution is 2.31. The van der Waals surface area contributed by atoms with Crippen molar-refractivity contribution in [3.8, 4) is 0 Å². The molecule has 1 aliphatic rings. The third kappa shape index (κ3) is 3.63. The normalized spacial score (nSPS) is 20.8. The number of likely N-dealkylation sites (N-methyl/N-ethyl adjacent to an activating group) is 1. The second-order valence-corrected chi connectivity index (χ2v) is 6.03. The fourth-order valence-electron chi connectivity index (χ4n) is 3.11. The summed E-state index contributed by atoms with van der Waals surface area (Å²) in [5, 5.41) is 7.82. The molecule has 3 heterocycles. The highest BCUT2D eigenvalue weighted by atomic mass is 16.5. The van der Waals surface area contributed by atoms with Gasteiger partial charge in [-0.15, -0.1) is 0 Å². The van der Waals surface area contributed by atoms with Gasteiger partial charge in [-0.05, 0) is 11.6 Å². The fraction of sp³-hybridized carbons (Fsp3) is 0.471. The Morgan fingerprint density at radius 2 is 2.29 bits per heavy atom. The lowest BCUT2D eigenvalue weighted by Gasteiger charge is -2.25. The zero-order valence-electron chi connectivity index (χ0n) is 14.1. The lowest BCUT2D eigenvalue weighted by molar-refractivity contribution is -0.127. The van der Waals surface area contributed by atoms with E-state index in [1.807, 2.05) is 42.5 Å². The van der Waals surface area contributed by atoms with Crippen molar-refractivity contribution in [2.24, 2.45) is 0 Å². The minimum Gasteiger partial charge on any atom is -0.383 e. The van der Waals surface area contributed by atoms with E-state index in [9.17, 15) is 4.79 Å². The van der Waals surface area contributed by atoms with Crippen LogP contribution >= 0.6 is 0 Å². The molecule has 3 rings (SSSR count). The molecule has 7 nitrogen and oxygen atoms in total. The number of rotatable bonds is 7. The first kappa shape index (κ1) is 16.6. The molecule has 128 valence electrons. The zero-order valence-corrected chi connectivity index (χ0v) is 14.1. The van der Waals surface area contributed by atoms with Crippen LogP contribution in [-0.4, -0.2) is 52.4 Å². The van der Waals surface area contributed by atoms with Gasteiger partial charge in [-0.1, -0.05) is 6.07 Å². The number of carbonyl (C=O) groups is 1. The molecule has 1 aliphatic heterocycles. The standard InChI is InChI=1S/C17H23N5O2/c1-21-16(23)8-15(17(21)14-4-3-5-18-11-14)19-9-13-10-20-22(12-13)6-7-24-2/h3-5,10-12,15,17,19H,6-9H2,1-2H3/t15-,17+/m1/s1. The number of likely N-dealkylation sites (tertiary alicyclic amines) is 1. The number of carbonyl (C=O) groups excluding carboxylic acids is 1. The summed E-state index contributed by atoms with van der Waals surface area (Å²) in [6, 6.07) is 4.00. The van der Waals surface area contributed by atoms with Gasteiger partial charge in [0.15, 0.2) is 0 Å². The SMILES string of the molecule is COCCn1cc(CN[C@@H]2CC(=O)N(C)[C@H]2c2cccnc2)cn1. The van der Waals surface area contributed by atoms with Gasteiger partial charge in [0.25, 0.3) is 0 Å². The van der Waals surface area contributed by atoms with Gasteiger partial charge in [-0.3, -0.25) is 14.5 Å². The molecule has 0 aromatic carbocycles. The summed E-state index contributed by atoms with van der Waals surface area (Å²) in [4.78, 5) is 18.1. The number of nitrogens with zero attached hydrogens (tertiary/aromatic N) is 4. The van der Waals surface area contributed by atoms with Crippen LogP contribution in [0.1, 0.15) is 23.6 Å². The molecule has 1 fully saturated rings. The summed E-state index contributed by atoms with van der Waals surface area (Å²) in [7, 11) is 3.53. The molecule has 1 N–H and O–H groups in total. The maximum absolute atomic E-state index is 12.1. The van der Waals surface area contributed by atoms with Crippen LogP contribution in [0.3, 0.4) is 0 Å². The van der Waals surface area contributed by atoms with Gasteiger partial charge >= 0.3 is 0 Å². The molecule has 2 atom stereocenters. The number of ether oxygens (including phenoxy) is 1. The molecular formula is C17H23N5O2. The van der Waals surface area contributed by atoms with E-state index >= 15 is 0 Å². The van der Waals surface area contributed by atoms with E-state index in [2.05, 4.69) is 15.4 Å². The Labute approximate surface area is 141 Å². The quantitative estimate of drug-likeness (QED) is 0.820. The van der Waals surface area contributed by atoms with Crippen LogP contribution in [0.5, 0.6) is 0 Å². The van der Waals surface area contributed by atoms with Crippen LogP contribution in [0.4, 0.5) is 0 Å². The molecule has 2 aromatic rings. The Morgan fingerprint density at radius 1 is 1.42 bits per heavy atom. The molecule has 0 bridgehead atoms. The van der Waals surface area contributed by atoms with Crippen LogP contribution < -0.4 is 5.32 Å². The second-order valence-electron chi connectivity index (χ2n) is 6.03. The van der Waals surface area contributed by atoms with Crippen molar-refractivity contribution in [1.29, 1.82) is 0 Å². The van der Waals surface area contributed by atoms with Crippen LogP contribution in [-0.2, 0) is 22.6 Å². The largest absolute Gasteiger partial charge is 0.383 e. The van der Waals surface area contributed by atoms with E-state index < -0.39 is 0 Å². The maximum atomic E-state index is 12.1. The van der Waals surface area contributed by atoms with Crippen LogP contribution in [0.15, 0.2) is 36.9 Å². The van der Waals surface area contributed by atoms with Gasteiger partial charge < -0.3 is 15.0 Å². The van der Waals surface area contributed by atoms with E-state index in [1.54, 1.807) is 18.2 Å². The Hall–Kier alpha value is -2.25. The number of hydrogen-bond acceptors (Lipinski definition) is 5. The van der Waals surface area contributed by atoms with Crippen molar-refractivity contribution < 1.29 is 9.53 Å². The first-order valence-electron chi connectivity index (χ1n) is 8.08. The van der Waals surface area contributed by atoms with Gasteiger partial charge in [0.05, 0.1) is 25.4 Å². The van der Waals surface area contributed by atoms with Crippen molar-refractivity contribution >= 4 is 5.91 Å². The highest BCUT2D eigenvalue weighted by molar-refractivity contribution is 5.80. The smallest absolute Gasteiger partial charge is 0.224 e. The minimum absolute atomic E-state index is 0.00902. The summed E-state index contributed by atoms with van der Waals surface area (Å²) >= 11 is 0. The lowest BCUT2D eigenvalue weighted by Crippen LogP contribution is -2.34. The molecule has 0 spiro atoms. The minimum atomic E-state index is 0.00902. The first-order chi connectivity index (χ1) is 11.7. The maximum Gasteiger partial charge on any atom is 0.224 e. The summed E-state index contributed by atoms with van der Waals surface area (Å²) in [6.45, 7) is 2.05. The Kier molecular flexibility index (Phi) is 5.22. The fourth-order valence-corrected chi connectivity index (χ4v) is 3.11. The number of aromatic nitrogens is 3. The van der Waals surface area contributed by atoms with Gasteiger partial charge in [-0.25, -0.2) is 0 Å². The second kappa shape index (κ2) is 7.55. The summed E-state index contributed by atoms with van der Waals surface area (Å²) < 4.78 is 6.92. The summed E-state index contributed by atoms with van der Waals surface area (Å²) in [5.74, 6) is 0.150. The lowest BCUT2D eigenvalue weighted by atomic mass is 10.0. The van der Waals surface area contributed by atoms with Crippen molar-refractivity contribution in [2.45, 2.75) is 31.6 Å². The third-order valence-electron chi connectivity index (χ3n) is 4.39. The number of hydrogen-bond donors (Lipinski definition) is 1. The van der Waals surface area contributed by atoms with E-state index in [-0.39, 0.29) is 18.0 Å². The molecule has 0 aliphatic carbocycles. The van der Waals surface area contributed by atoms with Crippen molar-refractivity contribution in [3.05, 3.63) is 48.0 Å². The monoisotopic (exact) mass is 329 g/mol. The van der Waals surface area contributed by atoms with E-state index in [4.69, 9.17) is 4.74 Å². The average Bonchev–Trinajstić information content (AvgIpc) is 3.17. The van der Waals surface area contributed by atoms with Crippen LogP contribution in [0, 0.1) is 0 Å². The summed E-state index contributed by atoms with van der Waals surface area (Å²) in [6.07, 6.45) is 7.93. The van der Waals surface area contributed by atoms with E-state index in [0.717, 1.165) is 17.7 Å². The highest BCUT2D eigenvalue weighted by Gasteiger charge is 2.38. The van der Waals surface area contributed by atoms with Gasteiger partial charge in [-0.2, -0.15) is 5.10 Å². The molecular weight excluding hydrogens is 306 g/mol. The predicted octanol–water partition coefficient (Wildman–Crippen LogP) is 0.986. The van der Waals surface area contributed by atoms with Crippen LogP contribution in [0.2, 0.25) is 0 Å². The molecule has 1 amide bonds. The first-order valence-corrected chi connectivity index (χ1v) is 8.08. The van der Waals surface area contributed by atoms with Gasteiger partial charge in [0, 0.05) is 57.3 Å². The number of pyridine rings is 1. The molecule has 2 aromatic heterocycles. The van der Waals surface area contributed by atoms with E-state index in [0.29, 0.717) is 19.6 Å². The zero-order chi connectivity index (χ0) is 16.9. The van der Waals surface area contributed by atoms with Crippen molar-refractivity contribution in [3.63, 3.8) is 0 Å². The van der Waals surface area contributed by atoms with Gasteiger partial charge in [0.2, 0.25) is 5.91 Å². The van der Waals surface area contributed by atoms with Crippen molar-refractivity contribution in [1.82, 2.24) is 25.0 Å². The van der Waals surface area contributed by atoms with Crippen LogP contribution in [0.25, 0.3) is 0 Å². The number of nitrogens with one attached hydrogen (secondary N) is 1. The predicted molar refractivity (Wildman–Crippen MR) is 89.1 cm³/mol. The number of amides is 1. The number of methoxy groups -OCH3 is 1. The Balaban J connectivity index is 1.65. The van der Waals surface area contributed by atoms with E-state index in [1.165, 1.54) is 0 Å². The third-order valence-corrected chi connectivity index (χ3v) is 4.39. The molecule has 0 radical (unpaired) electrons. The Bertz CT molecular complexity index is 673. The molecule has 24 heavy (non-hydrogen) atoms. The average molecular weight is 329 g/mol.